The maximum Gasteiger partial charge on any atom is 0.154 e. The molecule has 174 valence electrons. The van der Waals surface area contributed by atoms with Crippen molar-refractivity contribution in [2.24, 2.45) is 5.73 Å². The van der Waals surface area contributed by atoms with Crippen LogP contribution in [-0.2, 0) is 12.8 Å². The molecule has 1 unspecified atom stereocenters. The van der Waals surface area contributed by atoms with Gasteiger partial charge in [-0.05, 0) is 67.6 Å². The van der Waals surface area contributed by atoms with Crippen molar-refractivity contribution in [3.05, 3.63) is 71.8 Å². The van der Waals surface area contributed by atoms with Crippen LogP contribution in [-0.4, -0.2) is 34.9 Å². The van der Waals surface area contributed by atoms with E-state index in [0.717, 1.165) is 64.2 Å². The number of ether oxygens (including phenoxy) is 1. The molecule has 2 aromatic heterocycles. The van der Waals surface area contributed by atoms with Crippen molar-refractivity contribution in [3.8, 4) is 16.9 Å². The van der Waals surface area contributed by atoms with Gasteiger partial charge in [-0.1, -0.05) is 24.6 Å². The lowest BCUT2D eigenvalue weighted by Gasteiger charge is -2.15. The van der Waals surface area contributed by atoms with Gasteiger partial charge < -0.3 is 15.0 Å². The molecular weight excluding hydrogens is 424 g/mol. The lowest BCUT2D eigenvalue weighted by atomic mass is 10.0. The van der Waals surface area contributed by atoms with Gasteiger partial charge in [-0.2, -0.15) is 0 Å². The van der Waals surface area contributed by atoms with Crippen LogP contribution < -0.4 is 20.7 Å². The van der Waals surface area contributed by atoms with E-state index in [9.17, 15) is 0 Å². The van der Waals surface area contributed by atoms with Crippen molar-refractivity contribution in [2.75, 3.05) is 23.9 Å². The van der Waals surface area contributed by atoms with E-state index < -0.39 is 0 Å². The molecule has 7 heteroatoms. The lowest BCUT2D eigenvalue weighted by molar-refractivity contribution is 0.308. The summed E-state index contributed by atoms with van der Waals surface area (Å²) in [6.45, 7) is 4.88. The van der Waals surface area contributed by atoms with Gasteiger partial charge in [0.1, 0.15) is 12.1 Å². The summed E-state index contributed by atoms with van der Waals surface area (Å²) in [6, 6.07) is 14.8. The van der Waals surface area contributed by atoms with E-state index in [2.05, 4.69) is 76.6 Å². The van der Waals surface area contributed by atoms with E-state index in [4.69, 9.17) is 10.5 Å². The lowest BCUT2D eigenvalue weighted by Crippen LogP contribution is -2.40. The Morgan fingerprint density at radius 2 is 1.94 bits per heavy atom. The molecule has 4 aromatic rings. The summed E-state index contributed by atoms with van der Waals surface area (Å²) in [7, 11) is 1.94. The number of nitrogens with two attached hydrogens (primary N) is 1. The van der Waals surface area contributed by atoms with Crippen LogP contribution in [0.5, 0.6) is 5.75 Å². The van der Waals surface area contributed by atoms with Gasteiger partial charge in [-0.25, -0.2) is 15.0 Å². The van der Waals surface area contributed by atoms with Crippen molar-refractivity contribution < 1.29 is 4.74 Å². The molecule has 0 saturated carbocycles. The second-order valence-corrected chi connectivity index (χ2v) is 8.76. The summed E-state index contributed by atoms with van der Waals surface area (Å²) in [4.78, 5) is 15.4. The van der Waals surface area contributed by atoms with Crippen LogP contribution in [0.15, 0.2) is 55.0 Å². The molecule has 0 amide bonds. The fourth-order valence-electron chi connectivity index (χ4n) is 4.41. The van der Waals surface area contributed by atoms with E-state index in [1.807, 2.05) is 18.1 Å². The molecule has 0 saturated heterocycles. The summed E-state index contributed by atoms with van der Waals surface area (Å²) in [5.41, 5.74) is 13.7. The third-order valence-electron chi connectivity index (χ3n) is 6.38. The summed E-state index contributed by atoms with van der Waals surface area (Å²) in [6.07, 6.45) is 5.94. The Morgan fingerprint density at radius 3 is 2.79 bits per heavy atom. The predicted molar refractivity (Wildman–Crippen MR) is 137 cm³/mol. The summed E-state index contributed by atoms with van der Waals surface area (Å²) >= 11 is 0. The molecule has 0 spiro atoms. The minimum atomic E-state index is -0.246. The maximum atomic E-state index is 6.18. The molecule has 1 atom stereocenters. The second kappa shape index (κ2) is 9.27. The van der Waals surface area contributed by atoms with Crippen LogP contribution in [0.25, 0.3) is 22.0 Å². The highest BCUT2D eigenvalue weighted by atomic mass is 16.5. The zero-order valence-corrected chi connectivity index (χ0v) is 19.9. The number of aromatic nitrogens is 3. The number of benzene rings is 2. The number of fused-ring (bicyclic) bond motifs is 2. The van der Waals surface area contributed by atoms with Gasteiger partial charge in [0.05, 0.1) is 23.5 Å². The third kappa shape index (κ3) is 4.26. The number of nitrogens with one attached hydrogen (secondary N) is 1. The number of nitrogens with zero attached hydrogens (tertiary/aromatic N) is 4. The normalized spacial score (nSPS) is 14.8. The Bertz CT molecular complexity index is 1340. The highest BCUT2D eigenvalue weighted by molar-refractivity contribution is 5.81. The van der Waals surface area contributed by atoms with E-state index in [1.54, 1.807) is 6.33 Å². The van der Waals surface area contributed by atoms with Crippen LogP contribution in [0.3, 0.4) is 0 Å². The molecule has 7 nitrogen and oxygen atoms in total. The quantitative estimate of drug-likeness (QED) is 0.392. The first-order chi connectivity index (χ1) is 16.5. The topological polar surface area (TPSA) is 89.2 Å². The first-order valence-electron chi connectivity index (χ1n) is 11.7. The fraction of sp³-hybridized carbons (Fsp3) is 0.296. The molecule has 1 aliphatic rings. The smallest absolute Gasteiger partial charge is 0.154 e. The van der Waals surface area contributed by atoms with Crippen LogP contribution in [0.1, 0.15) is 30.2 Å². The molecule has 0 radical (unpaired) electrons. The Balaban J connectivity index is 1.26. The summed E-state index contributed by atoms with van der Waals surface area (Å²) in [5, 5.41) is 4.40. The minimum absolute atomic E-state index is 0.246. The van der Waals surface area contributed by atoms with Crippen molar-refractivity contribution in [3.63, 3.8) is 0 Å². The molecule has 2 aromatic carbocycles. The van der Waals surface area contributed by atoms with Crippen molar-refractivity contribution in [2.45, 2.75) is 39.4 Å². The largest absolute Gasteiger partial charge is 0.493 e. The molecule has 0 bridgehead atoms. The van der Waals surface area contributed by atoms with Crippen LogP contribution in [0.4, 0.5) is 11.5 Å². The minimum Gasteiger partial charge on any atom is -0.493 e. The monoisotopic (exact) mass is 454 g/mol. The highest BCUT2D eigenvalue weighted by Crippen LogP contribution is 2.35. The van der Waals surface area contributed by atoms with Crippen molar-refractivity contribution in [1.29, 1.82) is 0 Å². The molecule has 3 N–H and O–H groups in total. The Labute approximate surface area is 200 Å². The van der Waals surface area contributed by atoms with Gasteiger partial charge in [0.15, 0.2) is 12.1 Å². The van der Waals surface area contributed by atoms with Gasteiger partial charge in [0.25, 0.3) is 0 Å². The molecular formula is C27H30N6O. The molecule has 34 heavy (non-hydrogen) atoms. The standard InChI is InChI=1S/C27H30N6O/c1-4-18-13-19(20-14-24-26(29-15-20)33(3)27(28)32-24)8-10-25(18)34-11-5-6-22-21-12-17(2)7-9-23(21)31-16-30-22/h7-10,12-16,27,32H,4-6,11,28H2,1-3H3. The average Bonchev–Trinajstić information content (AvgIpc) is 3.14. The van der Waals surface area contributed by atoms with Crippen molar-refractivity contribution >= 4 is 22.4 Å². The zero-order chi connectivity index (χ0) is 23.7. The Hall–Kier alpha value is -3.71. The fourth-order valence-corrected chi connectivity index (χ4v) is 4.41. The Kier molecular flexibility index (Phi) is 6.02. The van der Waals surface area contributed by atoms with Gasteiger partial charge >= 0.3 is 0 Å². The molecule has 0 fully saturated rings. The van der Waals surface area contributed by atoms with Crippen molar-refractivity contribution in [1.82, 2.24) is 15.0 Å². The SMILES string of the molecule is CCc1cc(-c2cnc3c(c2)NC(N)N3C)ccc1OCCCc1ncnc2ccc(C)cc12. The number of hydrogen-bond acceptors (Lipinski definition) is 7. The first kappa shape index (κ1) is 22.1. The predicted octanol–water partition coefficient (Wildman–Crippen LogP) is 4.68. The van der Waals surface area contributed by atoms with Gasteiger partial charge in [-0.3, -0.25) is 5.73 Å². The number of hydrogen-bond donors (Lipinski definition) is 2. The van der Waals surface area contributed by atoms with Gasteiger partial charge in [0, 0.05) is 24.2 Å². The molecule has 0 aliphatic carbocycles. The number of rotatable bonds is 7. The van der Waals surface area contributed by atoms with Crippen LogP contribution in [0, 0.1) is 6.92 Å². The molecule has 5 rings (SSSR count). The van der Waals surface area contributed by atoms with E-state index >= 15 is 0 Å². The maximum absolute atomic E-state index is 6.18. The van der Waals surface area contributed by atoms with Crippen LogP contribution >= 0.6 is 0 Å². The average molecular weight is 455 g/mol. The third-order valence-corrected chi connectivity index (χ3v) is 6.38. The summed E-state index contributed by atoms with van der Waals surface area (Å²) in [5.74, 6) is 1.81. The molecule has 1 aliphatic heterocycles. The first-order valence-corrected chi connectivity index (χ1v) is 11.7. The van der Waals surface area contributed by atoms with E-state index in [0.29, 0.717) is 6.61 Å². The highest BCUT2D eigenvalue weighted by Gasteiger charge is 2.24. The molecule has 3 heterocycles. The number of pyridine rings is 1. The number of aryl methyl sites for hydroxylation is 3. The van der Waals surface area contributed by atoms with Gasteiger partial charge in [-0.15, -0.1) is 0 Å². The zero-order valence-electron chi connectivity index (χ0n) is 19.9. The Morgan fingerprint density at radius 1 is 1.06 bits per heavy atom. The number of anilines is 2. The van der Waals surface area contributed by atoms with Crippen LogP contribution in [0.2, 0.25) is 0 Å². The van der Waals surface area contributed by atoms with E-state index in [-0.39, 0.29) is 6.29 Å². The second-order valence-electron chi connectivity index (χ2n) is 8.76. The van der Waals surface area contributed by atoms with E-state index in [1.165, 1.54) is 11.1 Å². The van der Waals surface area contributed by atoms with Gasteiger partial charge in [0.2, 0.25) is 0 Å². The summed E-state index contributed by atoms with van der Waals surface area (Å²) < 4.78 is 6.18.